The summed E-state index contributed by atoms with van der Waals surface area (Å²) in [5.74, 6) is 0.699. The number of anilines is 3. The van der Waals surface area contributed by atoms with Gasteiger partial charge in [0.25, 0.3) is 0 Å². The van der Waals surface area contributed by atoms with Crippen LogP contribution in [0, 0.1) is 12.8 Å². The molecule has 174 valence electrons. The fourth-order valence-electron chi connectivity index (χ4n) is 4.76. The highest BCUT2D eigenvalue weighted by Crippen LogP contribution is 2.27. The van der Waals surface area contributed by atoms with Gasteiger partial charge in [0, 0.05) is 64.0 Å². The van der Waals surface area contributed by atoms with Crippen molar-refractivity contribution in [3.05, 3.63) is 42.1 Å². The molecule has 9 heteroatoms. The SMILES string of the molecule is Cc1ccc(N2CC(C(=O)N3CCN(c4cnnc(N5CCOCC5)c4)CC3)CC2=O)cc1. The van der Waals surface area contributed by atoms with Crippen molar-refractivity contribution < 1.29 is 14.3 Å². The van der Waals surface area contributed by atoms with Gasteiger partial charge < -0.3 is 24.3 Å². The summed E-state index contributed by atoms with van der Waals surface area (Å²) in [6, 6.07) is 9.97. The Hall–Kier alpha value is -3.20. The maximum atomic E-state index is 13.2. The highest BCUT2D eigenvalue weighted by Gasteiger charge is 2.38. The highest BCUT2D eigenvalue weighted by molar-refractivity contribution is 6.00. The van der Waals surface area contributed by atoms with Crippen LogP contribution in [0.25, 0.3) is 0 Å². The van der Waals surface area contributed by atoms with E-state index >= 15 is 0 Å². The van der Waals surface area contributed by atoms with Crippen LogP contribution in [0.4, 0.5) is 17.2 Å². The number of carbonyl (C=O) groups excluding carboxylic acids is 2. The number of ether oxygens (including phenoxy) is 1. The number of carbonyl (C=O) groups is 2. The van der Waals surface area contributed by atoms with Gasteiger partial charge in [-0.1, -0.05) is 17.7 Å². The molecule has 5 rings (SSSR count). The molecule has 3 saturated heterocycles. The van der Waals surface area contributed by atoms with E-state index in [4.69, 9.17) is 4.74 Å². The molecule has 1 unspecified atom stereocenters. The molecule has 33 heavy (non-hydrogen) atoms. The number of aryl methyl sites for hydroxylation is 1. The molecule has 0 N–H and O–H groups in total. The number of aromatic nitrogens is 2. The average Bonchev–Trinajstić information content (AvgIpc) is 3.26. The Labute approximate surface area is 193 Å². The molecule has 1 atom stereocenters. The van der Waals surface area contributed by atoms with Gasteiger partial charge in [-0.3, -0.25) is 9.59 Å². The van der Waals surface area contributed by atoms with E-state index in [1.807, 2.05) is 36.1 Å². The van der Waals surface area contributed by atoms with Crippen LogP contribution in [-0.4, -0.2) is 85.9 Å². The molecule has 3 aliphatic rings. The zero-order valence-corrected chi connectivity index (χ0v) is 19.0. The molecule has 4 heterocycles. The number of hydrogen-bond donors (Lipinski definition) is 0. The Morgan fingerprint density at radius 2 is 1.70 bits per heavy atom. The van der Waals surface area contributed by atoms with Crippen molar-refractivity contribution >= 4 is 29.0 Å². The van der Waals surface area contributed by atoms with E-state index in [-0.39, 0.29) is 24.2 Å². The third-order valence-electron chi connectivity index (χ3n) is 6.74. The first-order valence-corrected chi connectivity index (χ1v) is 11.6. The Morgan fingerprint density at radius 3 is 2.42 bits per heavy atom. The third-order valence-corrected chi connectivity index (χ3v) is 6.74. The lowest BCUT2D eigenvalue weighted by molar-refractivity contribution is -0.136. The summed E-state index contributed by atoms with van der Waals surface area (Å²) in [4.78, 5) is 33.8. The second kappa shape index (κ2) is 9.35. The summed E-state index contributed by atoms with van der Waals surface area (Å²) in [7, 11) is 0. The van der Waals surface area contributed by atoms with Crippen LogP contribution in [0.3, 0.4) is 0 Å². The molecule has 0 aliphatic carbocycles. The molecule has 0 saturated carbocycles. The van der Waals surface area contributed by atoms with Crippen LogP contribution in [0.1, 0.15) is 12.0 Å². The Morgan fingerprint density at radius 1 is 0.970 bits per heavy atom. The van der Waals surface area contributed by atoms with Gasteiger partial charge >= 0.3 is 0 Å². The number of nitrogens with zero attached hydrogens (tertiary/aromatic N) is 6. The van der Waals surface area contributed by atoms with E-state index in [0.717, 1.165) is 48.9 Å². The maximum Gasteiger partial charge on any atom is 0.228 e. The highest BCUT2D eigenvalue weighted by atomic mass is 16.5. The fourth-order valence-corrected chi connectivity index (χ4v) is 4.76. The van der Waals surface area contributed by atoms with Gasteiger partial charge in [0.1, 0.15) is 0 Å². The number of hydrogen-bond acceptors (Lipinski definition) is 7. The van der Waals surface area contributed by atoms with Crippen molar-refractivity contribution in [2.45, 2.75) is 13.3 Å². The number of rotatable bonds is 4. The van der Waals surface area contributed by atoms with Crippen LogP contribution in [0.15, 0.2) is 36.5 Å². The number of piperazine rings is 1. The van der Waals surface area contributed by atoms with E-state index in [1.165, 1.54) is 0 Å². The van der Waals surface area contributed by atoms with Crippen LogP contribution in [0.5, 0.6) is 0 Å². The molecule has 0 spiro atoms. The first-order chi connectivity index (χ1) is 16.1. The zero-order valence-electron chi connectivity index (χ0n) is 19.0. The van der Waals surface area contributed by atoms with Gasteiger partial charge in [0.2, 0.25) is 11.8 Å². The minimum absolute atomic E-state index is 0.0225. The minimum Gasteiger partial charge on any atom is -0.378 e. The summed E-state index contributed by atoms with van der Waals surface area (Å²) in [6.45, 7) is 8.29. The minimum atomic E-state index is -0.277. The van der Waals surface area contributed by atoms with Crippen molar-refractivity contribution in [1.82, 2.24) is 15.1 Å². The van der Waals surface area contributed by atoms with Crippen LogP contribution < -0.4 is 14.7 Å². The van der Waals surface area contributed by atoms with E-state index in [2.05, 4.69) is 26.1 Å². The molecule has 0 radical (unpaired) electrons. The molecule has 3 aliphatic heterocycles. The topological polar surface area (TPSA) is 82.1 Å². The van der Waals surface area contributed by atoms with Crippen LogP contribution >= 0.6 is 0 Å². The van der Waals surface area contributed by atoms with E-state index < -0.39 is 0 Å². The Balaban J connectivity index is 1.18. The van der Waals surface area contributed by atoms with E-state index in [9.17, 15) is 9.59 Å². The molecule has 0 bridgehead atoms. The number of amides is 2. The normalized spacial score (nSPS) is 21.6. The van der Waals surface area contributed by atoms with Gasteiger partial charge in [-0.05, 0) is 19.1 Å². The first-order valence-electron chi connectivity index (χ1n) is 11.6. The van der Waals surface area contributed by atoms with Gasteiger partial charge in [-0.2, -0.15) is 5.10 Å². The van der Waals surface area contributed by atoms with E-state index in [0.29, 0.717) is 32.8 Å². The lowest BCUT2D eigenvalue weighted by Gasteiger charge is -2.37. The number of benzene rings is 1. The maximum absolute atomic E-state index is 13.2. The fraction of sp³-hybridized carbons (Fsp3) is 0.500. The monoisotopic (exact) mass is 450 g/mol. The smallest absolute Gasteiger partial charge is 0.228 e. The summed E-state index contributed by atoms with van der Waals surface area (Å²) >= 11 is 0. The summed E-state index contributed by atoms with van der Waals surface area (Å²) in [5, 5.41) is 8.50. The van der Waals surface area contributed by atoms with Gasteiger partial charge in [0.05, 0.1) is 31.0 Å². The summed E-state index contributed by atoms with van der Waals surface area (Å²) in [5.41, 5.74) is 3.05. The van der Waals surface area contributed by atoms with Crippen molar-refractivity contribution in [1.29, 1.82) is 0 Å². The molecule has 1 aromatic heterocycles. The Kier molecular flexibility index (Phi) is 6.13. The predicted molar refractivity (Wildman–Crippen MR) is 125 cm³/mol. The quantitative estimate of drug-likeness (QED) is 0.695. The van der Waals surface area contributed by atoms with Crippen LogP contribution in [0.2, 0.25) is 0 Å². The molecule has 3 fully saturated rings. The Bertz CT molecular complexity index is 1000. The molecule has 9 nitrogen and oxygen atoms in total. The largest absolute Gasteiger partial charge is 0.378 e. The van der Waals surface area contributed by atoms with Crippen molar-refractivity contribution in [2.75, 3.05) is 73.7 Å². The lowest BCUT2D eigenvalue weighted by atomic mass is 10.1. The second-order valence-corrected chi connectivity index (χ2v) is 8.92. The van der Waals surface area contributed by atoms with Crippen molar-refractivity contribution in [3.8, 4) is 0 Å². The predicted octanol–water partition coefficient (Wildman–Crippen LogP) is 1.32. The lowest BCUT2D eigenvalue weighted by Crippen LogP contribution is -2.50. The van der Waals surface area contributed by atoms with Crippen LogP contribution in [-0.2, 0) is 14.3 Å². The molecular weight excluding hydrogens is 420 g/mol. The van der Waals surface area contributed by atoms with Crippen molar-refractivity contribution in [3.63, 3.8) is 0 Å². The second-order valence-electron chi connectivity index (χ2n) is 8.92. The van der Waals surface area contributed by atoms with Gasteiger partial charge in [0.15, 0.2) is 5.82 Å². The summed E-state index contributed by atoms with van der Waals surface area (Å²) < 4.78 is 5.43. The zero-order chi connectivity index (χ0) is 22.8. The molecular formula is C24H30N6O3. The number of morpholine rings is 1. The van der Waals surface area contributed by atoms with Gasteiger partial charge in [-0.25, -0.2) is 0 Å². The first kappa shape index (κ1) is 21.6. The average molecular weight is 451 g/mol. The third kappa shape index (κ3) is 4.64. The standard InChI is InChI=1S/C24H30N6O3/c1-18-2-4-20(5-3-18)30-17-19(14-23(30)31)24(32)29-8-6-27(7-9-29)21-15-22(26-25-16-21)28-10-12-33-13-11-28/h2-5,15-16,19H,6-14,17H2,1H3. The van der Waals surface area contributed by atoms with E-state index in [1.54, 1.807) is 11.1 Å². The van der Waals surface area contributed by atoms with Gasteiger partial charge in [-0.15, -0.1) is 5.10 Å². The molecule has 1 aromatic carbocycles. The van der Waals surface area contributed by atoms with Crippen molar-refractivity contribution in [2.24, 2.45) is 5.92 Å². The summed E-state index contributed by atoms with van der Waals surface area (Å²) in [6.07, 6.45) is 2.07. The molecule has 2 amide bonds. The molecule has 2 aromatic rings.